The molecule has 0 saturated carbocycles. The summed E-state index contributed by atoms with van der Waals surface area (Å²) < 4.78 is 38.8. The molecule has 0 amide bonds. The van der Waals surface area contributed by atoms with Crippen molar-refractivity contribution < 1.29 is 22.5 Å². The Kier molecular flexibility index (Phi) is 4.36. The van der Waals surface area contributed by atoms with Gasteiger partial charge in [0.25, 0.3) is 0 Å². The van der Waals surface area contributed by atoms with Crippen LogP contribution in [0.15, 0.2) is 18.2 Å². The molecule has 1 unspecified atom stereocenters. The van der Waals surface area contributed by atoms with Gasteiger partial charge in [-0.15, -0.1) is 0 Å². The van der Waals surface area contributed by atoms with Crippen LogP contribution in [-0.4, -0.2) is 29.3 Å². The van der Waals surface area contributed by atoms with E-state index in [9.17, 15) is 17.8 Å². The molecule has 21 heavy (non-hydrogen) atoms. The number of aryl methyl sites for hydroxylation is 1. The molecule has 116 valence electrons. The van der Waals surface area contributed by atoms with Gasteiger partial charge in [-0.3, -0.25) is 9.35 Å². The molecule has 7 heteroatoms. The Morgan fingerprint density at radius 3 is 2.62 bits per heavy atom. The zero-order chi connectivity index (χ0) is 15.8. The summed E-state index contributed by atoms with van der Waals surface area (Å²) in [6.07, 6.45) is 1.27. The maximum absolute atomic E-state index is 11.6. The number of ether oxygens (including phenoxy) is 1. The predicted octanol–water partition coefficient (Wildman–Crippen LogP) is 2.11. The van der Waals surface area contributed by atoms with Crippen LogP contribution < -0.4 is 4.74 Å². The van der Waals surface area contributed by atoms with Gasteiger partial charge in [-0.05, 0) is 49.9 Å². The van der Waals surface area contributed by atoms with Crippen LogP contribution >= 0.6 is 0 Å². The highest BCUT2D eigenvalue weighted by molar-refractivity contribution is 7.83. The third-order valence-electron chi connectivity index (χ3n) is 3.50. The second-order valence-electron chi connectivity index (χ2n) is 5.41. The molecule has 0 saturated heterocycles. The van der Waals surface area contributed by atoms with Gasteiger partial charge in [-0.2, -0.15) is 12.7 Å². The smallest absolute Gasteiger partial charge is 0.336 e. The number of hydrogen-bond acceptors (Lipinski definition) is 4. The minimum Gasteiger partial charge on any atom is -0.427 e. The number of nitrogens with zero attached hydrogens (tertiary/aromatic N) is 1. The van der Waals surface area contributed by atoms with Crippen LogP contribution in [0.5, 0.6) is 5.75 Å². The molecule has 0 aliphatic heterocycles. The van der Waals surface area contributed by atoms with Crippen molar-refractivity contribution in [1.82, 2.24) is 4.31 Å². The second kappa shape index (κ2) is 5.75. The molecule has 0 spiro atoms. The lowest BCUT2D eigenvalue weighted by atomic mass is 10.1. The molecular weight excluding hydrogens is 294 g/mol. The highest BCUT2D eigenvalue weighted by atomic mass is 32.2. The number of carbonyl (C=O) groups is 1. The average molecular weight is 313 g/mol. The van der Waals surface area contributed by atoms with Crippen molar-refractivity contribution in [3.8, 4) is 5.75 Å². The van der Waals surface area contributed by atoms with Gasteiger partial charge in [0.15, 0.2) is 0 Å². The number of rotatable bonds is 4. The van der Waals surface area contributed by atoms with E-state index in [1.54, 1.807) is 32.0 Å². The van der Waals surface area contributed by atoms with E-state index < -0.39 is 16.3 Å². The molecule has 1 atom stereocenters. The van der Waals surface area contributed by atoms with Gasteiger partial charge in [0, 0.05) is 13.0 Å². The van der Waals surface area contributed by atoms with E-state index in [1.165, 1.54) is 6.92 Å². The van der Waals surface area contributed by atoms with Crippen LogP contribution in [-0.2, 0) is 21.5 Å². The third kappa shape index (κ3) is 3.42. The van der Waals surface area contributed by atoms with Crippen LogP contribution in [0.2, 0.25) is 0 Å². The average Bonchev–Trinajstić information content (AvgIpc) is 2.69. The van der Waals surface area contributed by atoms with E-state index in [0.29, 0.717) is 18.6 Å². The molecule has 1 aromatic carbocycles. The fourth-order valence-corrected chi connectivity index (χ4v) is 3.93. The Morgan fingerprint density at radius 2 is 2.10 bits per heavy atom. The highest BCUT2D eigenvalue weighted by Crippen LogP contribution is 2.39. The molecule has 0 fully saturated rings. The number of hydrogen-bond donors (Lipinski definition) is 1. The Morgan fingerprint density at radius 1 is 1.43 bits per heavy atom. The van der Waals surface area contributed by atoms with Crippen molar-refractivity contribution >= 4 is 16.3 Å². The van der Waals surface area contributed by atoms with Crippen LogP contribution in [0.3, 0.4) is 0 Å². The zero-order valence-electron chi connectivity index (χ0n) is 12.2. The van der Waals surface area contributed by atoms with E-state index in [0.717, 1.165) is 15.4 Å². The first-order chi connectivity index (χ1) is 9.70. The summed E-state index contributed by atoms with van der Waals surface area (Å²) >= 11 is 0. The van der Waals surface area contributed by atoms with Gasteiger partial charge < -0.3 is 4.74 Å². The summed E-state index contributed by atoms with van der Waals surface area (Å²) in [5.74, 6) is 0.0519. The van der Waals surface area contributed by atoms with Gasteiger partial charge in [-0.1, -0.05) is 6.07 Å². The van der Waals surface area contributed by atoms with Crippen molar-refractivity contribution in [3.63, 3.8) is 0 Å². The molecule has 0 bridgehead atoms. The zero-order valence-corrected chi connectivity index (χ0v) is 13.1. The van der Waals surface area contributed by atoms with Crippen molar-refractivity contribution in [2.45, 2.75) is 45.7 Å². The van der Waals surface area contributed by atoms with Gasteiger partial charge in [0.1, 0.15) is 5.75 Å². The van der Waals surface area contributed by atoms with E-state index in [4.69, 9.17) is 4.74 Å². The number of carbonyl (C=O) groups excluding carboxylic acids is 1. The SMILES string of the molecule is CC(=O)Oc1ccc2c(c1)CCC2N(C(C)C)S(=O)(=O)O. The maximum Gasteiger partial charge on any atom is 0.336 e. The van der Waals surface area contributed by atoms with Gasteiger partial charge in [0.2, 0.25) is 0 Å². The highest BCUT2D eigenvalue weighted by Gasteiger charge is 2.36. The first kappa shape index (κ1) is 15.9. The number of esters is 1. The Bertz CT molecular complexity index is 653. The maximum atomic E-state index is 11.6. The van der Waals surface area contributed by atoms with Crippen LogP contribution in [0.1, 0.15) is 44.4 Å². The topological polar surface area (TPSA) is 83.9 Å². The third-order valence-corrected chi connectivity index (χ3v) is 4.71. The Labute approximate surface area is 124 Å². The molecule has 1 N–H and O–H groups in total. The first-order valence-corrected chi connectivity index (χ1v) is 8.17. The van der Waals surface area contributed by atoms with E-state index in [2.05, 4.69) is 0 Å². The van der Waals surface area contributed by atoms with E-state index in [-0.39, 0.29) is 12.1 Å². The lowest BCUT2D eigenvalue weighted by Crippen LogP contribution is -2.38. The van der Waals surface area contributed by atoms with Crippen molar-refractivity contribution in [1.29, 1.82) is 0 Å². The van der Waals surface area contributed by atoms with Gasteiger partial charge >= 0.3 is 16.3 Å². The fourth-order valence-electron chi connectivity index (χ4n) is 2.85. The summed E-state index contributed by atoms with van der Waals surface area (Å²) in [5, 5.41) is 0. The predicted molar refractivity (Wildman–Crippen MR) is 77.3 cm³/mol. The quantitative estimate of drug-likeness (QED) is 0.523. The molecule has 1 aliphatic rings. The summed E-state index contributed by atoms with van der Waals surface area (Å²) in [6.45, 7) is 4.77. The molecule has 1 aromatic rings. The minimum absolute atomic E-state index is 0.343. The number of benzene rings is 1. The van der Waals surface area contributed by atoms with E-state index in [1.807, 2.05) is 0 Å². The summed E-state index contributed by atoms with van der Waals surface area (Å²) in [7, 11) is -4.27. The van der Waals surface area contributed by atoms with Gasteiger partial charge in [-0.25, -0.2) is 0 Å². The molecule has 6 nitrogen and oxygen atoms in total. The monoisotopic (exact) mass is 313 g/mol. The number of fused-ring (bicyclic) bond motifs is 1. The van der Waals surface area contributed by atoms with E-state index >= 15 is 0 Å². The molecular formula is C14H19NO5S. The largest absolute Gasteiger partial charge is 0.427 e. The standard InChI is InChI=1S/C14H19NO5S/c1-9(2)15(21(17,18)19)14-7-4-11-8-12(20-10(3)16)5-6-13(11)14/h5-6,8-9,14H,4,7H2,1-3H3,(H,17,18,19). The summed E-state index contributed by atoms with van der Waals surface area (Å²) in [5.41, 5.74) is 1.78. The minimum atomic E-state index is -4.27. The van der Waals surface area contributed by atoms with Crippen LogP contribution in [0.4, 0.5) is 0 Å². The Hall–Kier alpha value is -1.44. The summed E-state index contributed by atoms with van der Waals surface area (Å²) in [4.78, 5) is 11.0. The lowest BCUT2D eigenvalue weighted by molar-refractivity contribution is -0.131. The lowest BCUT2D eigenvalue weighted by Gasteiger charge is -2.29. The molecule has 2 rings (SSSR count). The fraction of sp³-hybridized carbons (Fsp3) is 0.500. The Balaban J connectivity index is 2.36. The molecule has 0 heterocycles. The van der Waals surface area contributed by atoms with Gasteiger partial charge in [0.05, 0.1) is 6.04 Å². The molecule has 1 aliphatic carbocycles. The molecule has 0 aromatic heterocycles. The van der Waals surface area contributed by atoms with Crippen LogP contribution in [0, 0.1) is 0 Å². The van der Waals surface area contributed by atoms with Crippen LogP contribution in [0.25, 0.3) is 0 Å². The second-order valence-corrected chi connectivity index (χ2v) is 6.73. The normalized spacial score (nSPS) is 18.1. The molecule has 0 radical (unpaired) electrons. The van der Waals surface area contributed by atoms with Crippen molar-refractivity contribution in [2.24, 2.45) is 0 Å². The van der Waals surface area contributed by atoms with Crippen molar-refractivity contribution in [2.75, 3.05) is 0 Å². The van der Waals surface area contributed by atoms with Crippen molar-refractivity contribution in [3.05, 3.63) is 29.3 Å². The first-order valence-electron chi connectivity index (χ1n) is 6.77. The summed E-state index contributed by atoms with van der Waals surface area (Å²) in [6, 6.07) is 4.41.